The van der Waals surface area contributed by atoms with Crippen molar-refractivity contribution in [3.8, 4) is 28.8 Å². The molecule has 0 fully saturated rings. The van der Waals surface area contributed by atoms with Crippen molar-refractivity contribution < 1.29 is 27.4 Å². The Morgan fingerprint density at radius 1 is 1.15 bits per heavy atom. The Kier molecular flexibility index (Phi) is 7.19. The predicted octanol–water partition coefficient (Wildman–Crippen LogP) is 6.77. The van der Waals surface area contributed by atoms with E-state index in [1.807, 2.05) is 0 Å². The van der Waals surface area contributed by atoms with Crippen LogP contribution in [0.15, 0.2) is 30.3 Å². The minimum absolute atomic E-state index is 0.0173. The van der Waals surface area contributed by atoms with Crippen LogP contribution in [0.2, 0.25) is 0 Å². The summed E-state index contributed by atoms with van der Waals surface area (Å²) in [5.41, 5.74) is 0.312. The SMILES string of the molecule is COc1ccc(-c2cc(C(F)(F)F)n3nc(C(=O)Nc4sc5c(c4C#N)CC[C@H](C(C)(C)C)C5)cc3n2)cc1OC. The van der Waals surface area contributed by atoms with Gasteiger partial charge in [-0.2, -0.15) is 23.5 Å². The van der Waals surface area contributed by atoms with Gasteiger partial charge in [-0.1, -0.05) is 20.8 Å². The molecular weight excluding hydrogens is 555 g/mol. The Bertz CT molecular complexity index is 1690. The second kappa shape index (κ2) is 10.4. The molecule has 0 aliphatic heterocycles. The Morgan fingerprint density at radius 3 is 2.51 bits per heavy atom. The smallest absolute Gasteiger partial charge is 0.433 e. The Morgan fingerprint density at radius 2 is 1.88 bits per heavy atom. The number of anilines is 1. The van der Waals surface area contributed by atoms with Gasteiger partial charge in [-0.05, 0) is 60.4 Å². The molecule has 41 heavy (non-hydrogen) atoms. The van der Waals surface area contributed by atoms with Crippen molar-refractivity contribution in [3.63, 3.8) is 0 Å². The highest BCUT2D eigenvalue weighted by Crippen LogP contribution is 2.44. The van der Waals surface area contributed by atoms with Crippen LogP contribution in [0.5, 0.6) is 11.5 Å². The average molecular weight is 584 g/mol. The molecule has 8 nitrogen and oxygen atoms in total. The summed E-state index contributed by atoms with van der Waals surface area (Å²) >= 11 is 1.34. The van der Waals surface area contributed by atoms with Gasteiger partial charge in [-0.25, -0.2) is 9.50 Å². The van der Waals surface area contributed by atoms with Gasteiger partial charge in [0.1, 0.15) is 11.1 Å². The first-order chi connectivity index (χ1) is 19.3. The highest BCUT2D eigenvalue weighted by atomic mass is 32.1. The summed E-state index contributed by atoms with van der Waals surface area (Å²) in [7, 11) is 2.88. The summed E-state index contributed by atoms with van der Waals surface area (Å²) in [6.45, 7) is 6.56. The topological polar surface area (TPSA) is 102 Å². The van der Waals surface area contributed by atoms with Gasteiger partial charge in [-0.15, -0.1) is 11.3 Å². The number of nitriles is 1. The van der Waals surface area contributed by atoms with Gasteiger partial charge >= 0.3 is 6.18 Å². The minimum Gasteiger partial charge on any atom is -0.493 e. The van der Waals surface area contributed by atoms with Gasteiger partial charge in [0, 0.05) is 16.5 Å². The molecule has 4 aromatic rings. The molecule has 1 aliphatic rings. The third kappa shape index (κ3) is 5.34. The molecule has 0 bridgehead atoms. The van der Waals surface area contributed by atoms with Crippen molar-refractivity contribution in [3.05, 3.63) is 57.7 Å². The summed E-state index contributed by atoms with van der Waals surface area (Å²) in [4.78, 5) is 18.6. The average Bonchev–Trinajstić information content (AvgIpc) is 3.51. The van der Waals surface area contributed by atoms with Crippen LogP contribution in [-0.2, 0) is 19.0 Å². The molecule has 12 heteroatoms. The van der Waals surface area contributed by atoms with Gasteiger partial charge in [0.15, 0.2) is 28.5 Å². The number of alkyl halides is 3. The van der Waals surface area contributed by atoms with Gasteiger partial charge in [0.2, 0.25) is 0 Å². The number of hydrogen-bond acceptors (Lipinski definition) is 7. The monoisotopic (exact) mass is 583 g/mol. The molecular formula is C29H28F3N5O3S. The number of methoxy groups -OCH3 is 2. The number of carbonyl (C=O) groups excluding carboxylic acids is 1. The van der Waals surface area contributed by atoms with E-state index in [9.17, 15) is 23.2 Å². The van der Waals surface area contributed by atoms with Crippen LogP contribution in [0.1, 0.15) is 59.4 Å². The minimum atomic E-state index is -4.78. The van der Waals surface area contributed by atoms with E-state index < -0.39 is 17.8 Å². The van der Waals surface area contributed by atoms with Crippen LogP contribution >= 0.6 is 11.3 Å². The van der Waals surface area contributed by atoms with E-state index in [2.05, 4.69) is 42.2 Å². The van der Waals surface area contributed by atoms with Crippen molar-refractivity contribution in [1.82, 2.24) is 14.6 Å². The highest BCUT2D eigenvalue weighted by Gasteiger charge is 2.36. The first-order valence-electron chi connectivity index (χ1n) is 12.9. The fourth-order valence-corrected chi connectivity index (χ4v) is 6.40. The van der Waals surface area contributed by atoms with Crippen LogP contribution in [0, 0.1) is 22.7 Å². The van der Waals surface area contributed by atoms with Crippen LogP contribution in [0.4, 0.5) is 18.2 Å². The van der Waals surface area contributed by atoms with Crippen LogP contribution < -0.4 is 14.8 Å². The normalized spacial score (nSPS) is 15.3. The number of fused-ring (bicyclic) bond motifs is 2. The number of thiophene rings is 1. The molecule has 0 radical (unpaired) electrons. The van der Waals surface area contributed by atoms with Crippen molar-refractivity contribution in [2.24, 2.45) is 11.3 Å². The lowest BCUT2D eigenvalue weighted by atomic mass is 9.72. The van der Waals surface area contributed by atoms with Gasteiger partial charge in [-0.3, -0.25) is 4.79 Å². The zero-order valence-corrected chi connectivity index (χ0v) is 24.0. The summed E-state index contributed by atoms with van der Waals surface area (Å²) in [6.07, 6.45) is -2.30. The molecule has 5 rings (SSSR count). The molecule has 1 aromatic carbocycles. The Labute approximate surface area is 238 Å². The van der Waals surface area contributed by atoms with Crippen LogP contribution in [0.3, 0.4) is 0 Å². The molecule has 214 valence electrons. The fraction of sp³-hybridized carbons (Fsp3) is 0.379. The van der Waals surface area contributed by atoms with E-state index in [0.717, 1.165) is 35.8 Å². The maximum Gasteiger partial charge on any atom is 0.433 e. The molecule has 1 atom stereocenters. The first kappa shape index (κ1) is 28.4. The Balaban J connectivity index is 1.51. The molecule has 0 saturated heterocycles. The molecule has 1 N–H and O–H groups in total. The lowest BCUT2D eigenvalue weighted by Crippen LogP contribution is -2.26. The standard InChI is InChI=1S/C29H28F3N5O3S/c1-28(2,3)16-7-8-17-18(14-33)27(41-23(17)11-16)35-26(38)20-13-25-34-19(12-24(29(30,31)32)37(25)36-20)15-6-9-21(39-4)22(10-15)40-5/h6,9-10,12-13,16H,7-8,11H2,1-5H3,(H,35,38)/t16-/m0/s1. The summed E-state index contributed by atoms with van der Waals surface area (Å²) in [6, 6.07) is 8.93. The van der Waals surface area contributed by atoms with E-state index in [4.69, 9.17) is 9.47 Å². The van der Waals surface area contributed by atoms with E-state index in [0.29, 0.717) is 38.1 Å². The number of benzene rings is 1. The number of rotatable bonds is 5. The molecule has 0 saturated carbocycles. The van der Waals surface area contributed by atoms with E-state index in [1.165, 1.54) is 37.7 Å². The highest BCUT2D eigenvalue weighted by molar-refractivity contribution is 7.16. The zero-order valence-electron chi connectivity index (χ0n) is 23.1. The van der Waals surface area contributed by atoms with Crippen molar-refractivity contribution in [2.75, 3.05) is 19.5 Å². The zero-order chi connectivity index (χ0) is 29.7. The number of amides is 1. The van der Waals surface area contributed by atoms with E-state index >= 15 is 0 Å². The number of nitrogens with zero attached hydrogens (tertiary/aromatic N) is 4. The summed E-state index contributed by atoms with van der Waals surface area (Å²) in [5.74, 6) is 0.458. The van der Waals surface area contributed by atoms with Gasteiger partial charge < -0.3 is 14.8 Å². The first-order valence-corrected chi connectivity index (χ1v) is 13.7. The maximum absolute atomic E-state index is 14.1. The molecule has 1 amide bonds. The van der Waals surface area contributed by atoms with Crippen molar-refractivity contribution >= 4 is 27.9 Å². The largest absolute Gasteiger partial charge is 0.493 e. The van der Waals surface area contributed by atoms with Crippen LogP contribution in [-0.4, -0.2) is 34.7 Å². The van der Waals surface area contributed by atoms with E-state index in [-0.39, 0.29) is 22.5 Å². The number of ether oxygens (including phenoxy) is 2. The lowest BCUT2D eigenvalue weighted by molar-refractivity contribution is -0.142. The molecule has 0 spiro atoms. The van der Waals surface area contributed by atoms with Crippen molar-refractivity contribution in [2.45, 2.75) is 46.2 Å². The second-order valence-electron chi connectivity index (χ2n) is 11.0. The molecule has 3 heterocycles. The molecule has 3 aromatic heterocycles. The third-order valence-corrected chi connectivity index (χ3v) is 8.63. The number of hydrogen-bond donors (Lipinski definition) is 1. The Hall–Kier alpha value is -4.11. The number of carbonyl (C=O) groups is 1. The maximum atomic E-state index is 14.1. The third-order valence-electron chi connectivity index (χ3n) is 7.46. The number of aromatic nitrogens is 3. The fourth-order valence-electron chi connectivity index (χ4n) is 5.13. The van der Waals surface area contributed by atoms with Crippen LogP contribution in [0.25, 0.3) is 16.9 Å². The quantitative estimate of drug-likeness (QED) is 0.278. The summed E-state index contributed by atoms with van der Waals surface area (Å²) < 4.78 is 53.4. The summed E-state index contributed by atoms with van der Waals surface area (Å²) in [5, 5.41) is 16.9. The second-order valence-corrected chi connectivity index (χ2v) is 12.1. The molecule has 0 unspecified atom stereocenters. The van der Waals surface area contributed by atoms with Crippen molar-refractivity contribution in [1.29, 1.82) is 5.26 Å². The number of nitrogens with one attached hydrogen (secondary N) is 1. The predicted molar refractivity (Wildman–Crippen MR) is 148 cm³/mol. The van der Waals surface area contributed by atoms with E-state index in [1.54, 1.807) is 12.1 Å². The van der Waals surface area contributed by atoms with Gasteiger partial charge in [0.25, 0.3) is 5.91 Å². The lowest BCUT2D eigenvalue weighted by Gasteiger charge is -2.33. The number of halogens is 3. The molecule has 1 aliphatic carbocycles. The van der Waals surface area contributed by atoms with Gasteiger partial charge in [0.05, 0.1) is 25.5 Å².